The Hall–Kier alpha value is -1.63. The number of hydrogen-bond donors (Lipinski definition) is 3. The van der Waals surface area contributed by atoms with Crippen LogP contribution in [-0.2, 0) is 4.79 Å². The molecule has 1 aromatic carbocycles. The molecule has 19 heavy (non-hydrogen) atoms. The Balaban J connectivity index is 1.95. The molecule has 1 aliphatic carbocycles. The van der Waals surface area contributed by atoms with Gasteiger partial charge < -0.3 is 16.4 Å². The number of carbonyl (C=O) groups excluding carboxylic acids is 2. The maximum atomic E-state index is 13.1. The standard InChI is InChI=1S/C12H13BrFN3O2/c13-8-4-9(14)10(15)3-7(8)12(19)16-5-11(18)17-6-1-2-6/h3-4,6H,1-2,5,15H2,(H,16,19)(H,17,18). The molecule has 0 atom stereocenters. The van der Waals surface area contributed by atoms with Crippen molar-refractivity contribution in [2.75, 3.05) is 12.3 Å². The Bertz CT molecular complexity index is 532. The first-order valence-corrected chi connectivity index (χ1v) is 6.58. The highest BCUT2D eigenvalue weighted by Gasteiger charge is 2.23. The SMILES string of the molecule is Nc1cc(C(=O)NCC(=O)NC2CC2)c(Br)cc1F. The number of hydrogen-bond acceptors (Lipinski definition) is 3. The fourth-order valence-electron chi connectivity index (χ4n) is 1.50. The van der Waals surface area contributed by atoms with Crippen LogP contribution in [0.4, 0.5) is 10.1 Å². The summed E-state index contributed by atoms with van der Waals surface area (Å²) in [5.41, 5.74) is 5.48. The van der Waals surface area contributed by atoms with Crippen LogP contribution in [0.5, 0.6) is 0 Å². The van der Waals surface area contributed by atoms with Crippen LogP contribution in [0.25, 0.3) is 0 Å². The van der Waals surface area contributed by atoms with Crippen molar-refractivity contribution >= 4 is 33.4 Å². The monoisotopic (exact) mass is 329 g/mol. The predicted molar refractivity (Wildman–Crippen MR) is 72.0 cm³/mol. The zero-order valence-corrected chi connectivity index (χ0v) is 11.6. The zero-order valence-electron chi connectivity index (χ0n) is 10.0. The third-order valence-electron chi connectivity index (χ3n) is 2.68. The van der Waals surface area contributed by atoms with E-state index in [4.69, 9.17) is 5.73 Å². The molecule has 0 saturated heterocycles. The van der Waals surface area contributed by atoms with Crippen LogP contribution in [0.1, 0.15) is 23.2 Å². The van der Waals surface area contributed by atoms with Crippen LogP contribution in [0.2, 0.25) is 0 Å². The Labute approximate surface area is 117 Å². The van der Waals surface area contributed by atoms with Crippen molar-refractivity contribution in [3.05, 3.63) is 28.0 Å². The van der Waals surface area contributed by atoms with Crippen molar-refractivity contribution < 1.29 is 14.0 Å². The number of nitrogens with one attached hydrogen (secondary N) is 2. The predicted octanol–water partition coefficient (Wildman–Crippen LogP) is 1.18. The molecule has 7 heteroatoms. The summed E-state index contributed by atoms with van der Waals surface area (Å²) in [5.74, 6) is -1.32. The Morgan fingerprint density at radius 2 is 2.11 bits per heavy atom. The van der Waals surface area contributed by atoms with Crippen molar-refractivity contribution in [3.63, 3.8) is 0 Å². The summed E-state index contributed by atoms with van der Waals surface area (Å²) in [5, 5.41) is 5.21. The minimum Gasteiger partial charge on any atom is -0.396 e. The van der Waals surface area contributed by atoms with Crippen LogP contribution in [0, 0.1) is 5.82 Å². The molecule has 0 aliphatic heterocycles. The van der Waals surface area contributed by atoms with Crippen molar-refractivity contribution in [1.29, 1.82) is 0 Å². The van der Waals surface area contributed by atoms with Crippen molar-refractivity contribution in [2.45, 2.75) is 18.9 Å². The molecule has 0 heterocycles. The lowest BCUT2D eigenvalue weighted by atomic mass is 10.2. The molecule has 0 radical (unpaired) electrons. The smallest absolute Gasteiger partial charge is 0.252 e. The molecule has 2 amide bonds. The number of anilines is 1. The Morgan fingerprint density at radius 3 is 2.74 bits per heavy atom. The van der Waals surface area contributed by atoms with Gasteiger partial charge in [0.2, 0.25) is 5.91 Å². The largest absolute Gasteiger partial charge is 0.396 e. The average molecular weight is 330 g/mol. The van der Waals surface area contributed by atoms with Crippen molar-refractivity contribution in [2.24, 2.45) is 0 Å². The minimum absolute atomic E-state index is 0.112. The lowest BCUT2D eigenvalue weighted by molar-refractivity contribution is -0.120. The Kier molecular flexibility index (Phi) is 4.04. The number of nitrogens with two attached hydrogens (primary N) is 1. The molecule has 1 fully saturated rings. The quantitative estimate of drug-likeness (QED) is 0.725. The highest BCUT2D eigenvalue weighted by atomic mass is 79.9. The molecule has 5 nitrogen and oxygen atoms in total. The maximum Gasteiger partial charge on any atom is 0.252 e. The molecule has 1 saturated carbocycles. The summed E-state index contributed by atoms with van der Waals surface area (Å²) < 4.78 is 13.4. The molecule has 0 spiro atoms. The van der Waals surface area contributed by atoms with Gasteiger partial charge in [-0.05, 0) is 40.9 Å². The van der Waals surface area contributed by atoms with Crippen LogP contribution in [-0.4, -0.2) is 24.4 Å². The van der Waals surface area contributed by atoms with E-state index in [-0.39, 0.29) is 29.7 Å². The number of benzene rings is 1. The van der Waals surface area contributed by atoms with E-state index in [9.17, 15) is 14.0 Å². The summed E-state index contributed by atoms with van der Waals surface area (Å²) in [7, 11) is 0. The number of rotatable bonds is 4. The van der Waals surface area contributed by atoms with Crippen LogP contribution >= 0.6 is 15.9 Å². The summed E-state index contributed by atoms with van der Waals surface area (Å²) in [4.78, 5) is 23.2. The van der Waals surface area contributed by atoms with Crippen LogP contribution in [0.3, 0.4) is 0 Å². The number of halogens is 2. The summed E-state index contributed by atoms with van der Waals surface area (Å²) in [6.45, 7) is -0.112. The van der Waals surface area contributed by atoms with E-state index in [1.807, 2.05) is 0 Å². The third kappa shape index (κ3) is 3.66. The molecule has 0 unspecified atom stereocenters. The van der Waals surface area contributed by atoms with E-state index in [0.29, 0.717) is 4.47 Å². The molecular weight excluding hydrogens is 317 g/mol. The van der Waals surface area contributed by atoms with Gasteiger partial charge in [0, 0.05) is 10.5 Å². The molecule has 1 aliphatic rings. The maximum absolute atomic E-state index is 13.1. The van der Waals surface area contributed by atoms with Crippen LogP contribution < -0.4 is 16.4 Å². The van der Waals surface area contributed by atoms with Gasteiger partial charge in [-0.15, -0.1) is 0 Å². The van der Waals surface area contributed by atoms with Crippen LogP contribution in [0.15, 0.2) is 16.6 Å². The van der Waals surface area contributed by atoms with Crippen molar-refractivity contribution in [3.8, 4) is 0 Å². The highest BCUT2D eigenvalue weighted by Crippen LogP contribution is 2.22. The second-order valence-corrected chi connectivity index (χ2v) is 5.23. The molecule has 4 N–H and O–H groups in total. The van der Waals surface area contributed by atoms with E-state index in [1.165, 1.54) is 6.07 Å². The lowest BCUT2D eigenvalue weighted by Crippen LogP contribution is -2.37. The normalized spacial score (nSPS) is 14.0. The molecule has 0 aromatic heterocycles. The van der Waals surface area contributed by atoms with Gasteiger partial charge in [-0.3, -0.25) is 9.59 Å². The van der Waals surface area contributed by atoms with Gasteiger partial charge in [-0.1, -0.05) is 0 Å². The van der Waals surface area contributed by atoms with E-state index in [2.05, 4.69) is 26.6 Å². The minimum atomic E-state index is -0.602. The van der Waals surface area contributed by atoms with Gasteiger partial charge in [0.15, 0.2) is 0 Å². The molecular formula is C12H13BrFN3O2. The molecule has 1 aromatic rings. The van der Waals surface area contributed by atoms with Gasteiger partial charge in [0.05, 0.1) is 17.8 Å². The van der Waals surface area contributed by atoms with E-state index in [1.54, 1.807) is 0 Å². The second kappa shape index (κ2) is 5.56. The second-order valence-electron chi connectivity index (χ2n) is 4.38. The zero-order chi connectivity index (χ0) is 14.0. The van der Waals surface area contributed by atoms with E-state index in [0.717, 1.165) is 18.9 Å². The van der Waals surface area contributed by atoms with Crippen molar-refractivity contribution in [1.82, 2.24) is 10.6 Å². The van der Waals surface area contributed by atoms with E-state index < -0.39 is 11.7 Å². The van der Waals surface area contributed by atoms with Gasteiger partial charge in [0.1, 0.15) is 5.82 Å². The van der Waals surface area contributed by atoms with Gasteiger partial charge >= 0.3 is 0 Å². The summed E-state index contributed by atoms with van der Waals surface area (Å²) in [6, 6.07) is 2.60. The molecule has 0 bridgehead atoms. The van der Waals surface area contributed by atoms with Gasteiger partial charge in [-0.25, -0.2) is 4.39 Å². The highest BCUT2D eigenvalue weighted by molar-refractivity contribution is 9.10. The summed E-state index contributed by atoms with van der Waals surface area (Å²) in [6.07, 6.45) is 1.97. The third-order valence-corrected chi connectivity index (χ3v) is 3.34. The van der Waals surface area contributed by atoms with E-state index >= 15 is 0 Å². The van der Waals surface area contributed by atoms with Gasteiger partial charge in [-0.2, -0.15) is 0 Å². The number of carbonyl (C=O) groups is 2. The first-order chi connectivity index (χ1) is 8.97. The average Bonchev–Trinajstić information content (AvgIpc) is 3.14. The Morgan fingerprint density at radius 1 is 1.42 bits per heavy atom. The topological polar surface area (TPSA) is 84.2 Å². The molecule has 2 rings (SSSR count). The molecule has 102 valence electrons. The number of amides is 2. The summed E-state index contributed by atoms with van der Waals surface area (Å²) >= 11 is 3.08. The lowest BCUT2D eigenvalue weighted by Gasteiger charge is -2.08. The first-order valence-electron chi connectivity index (χ1n) is 5.79. The number of nitrogen functional groups attached to an aromatic ring is 1. The fraction of sp³-hybridized carbons (Fsp3) is 0.333. The first kappa shape index (κ1) is 13.8. The van der Waals surface area contributed by atoms with Gasteiger partial charge in [0.25, 0.3) is 5.91 Å². The fourth-order valence-corrected chi connectivity index (χ4v) is 2.00.